The normalized spacial score (nSPS) is 13.8. The molecule has 0 saturated carbocycles. The molecule has 0 spiro atoms. The molecule has 8 nitrogen and oxygen atoms in total. The summed E-state index contributed by atoms with van der Waals surface area (Å²) in [5.74, 6) is 1.27. The van der Waals surface area contributed by atoms with Crippen molar-refractivity contribution in [2.24, 2.45) is 5.73 Å². The molecule has 0 bridgehead atoms. The molecule has 11 heteroatoms. The summed E-state index contributed by atoms with van der Waals surface area (Å²) >= 11 is 0. The number of nitrogen functional groups attached to an aromatic ring is 1. The molecule has 206 valence electrons. The van der Waals surface area contributed by atoms with Gasteiger partial charge in [0.25, 0.3) is 0 Å². The van der Waals surface area contributed by atoms with Crippen LogP contribution in [0.4, 0.5) is 5.69 Å². The quantitative estimate of drug-likeness (QED) is 0.251. The number of benzene rings is 3. The number of sulfonamides is 1. The lowest BCUT2D eigenvalue weighted by Crippen LogP contribution is -2.40. The molecule has 3 aromatic rings. The number of fused-ring (bicyclic) bond motifs is 1. The Morgan fingerprint density at radius 1 is 1.00 bits per heavy atom. The third-order valence-corrected chi connectivity index (χ3v) is 8.33. The zero-order chi connectivity index (χ0) is 25.9. The lowest BCUT2D eigenvalue weighted by atomic mass is 10.0. The molecule has 1 heterocycles. The van der Waals surface area contributed by atoms with Gasteiger partial charge in [-0.2, -0.15) is 0 Å². The summed E-state index contributed by atoms with van der Waals surface area (Å²) < 4.78 is 33.6. The lowest BCUT2D eigenvalue weighted by molar-refractivity contribution is 0.130. The predicted molar refractivity (Wildman–Crippen MR) is 160 cm³/mol. The number of piperidine rings is 1. The SMILES string of the molecule is CCS(=O)(=O)N(Cc1ccc2ccc(C(=N)N)cc2c1)c1ccc(OC2CCN(C(C)=N)CC2)cc1.Cl.Cl. The Hall–Kier alpha value is -3.01. The van der Waals surface area contributed by atoms with E-state index in [9.17, 15) is 8.42 Å². The van der Waals surface area contributed by atoms with Crippen molar-refractivity contribution in [2.45, 2.75) is 39.3 Å². The van der Waals surface area contributed by atoms with Crippen LogP contribution in [0, 0.1) is 10.8 Å². The minimum Gasteiger partial charge on any atom is -0.490 e. The molecule has 0 unspecified atom stereocenters. The van der Waals surface area contributed by atoms with Crippen molar-refractivity contribution in [3.8, 4) is 5.75 Å². The number of nitrogens with two attached hydrogens (primary N) is 1. The van der Waals surface area contributed by atoms with Gasteiger partial charge in [-0.05, 0) is 66.6 Å². The van der Waals surface area contributed by atoms with Crippen molar-refractivity contribution < 1.29 is 13.2 Å². The molecule has 1 aliphatic heterocycles. The Morgan fingerprint density at radius 3 is 2.21 bits per heavy atom. The van der Waals surface area contributed by atoms with Gasteiger partial charge >= 0.3 is 0 Å². The van der Waals surface area contributed by atoms with Gasteiger partial charge in [-0.25, -0.2) is 8.42 Å². The summed E-state index contributed by atoms with van der Waals surface area (Å²) in [5.41, 5.74) is 7.69. The molecular formula is C27H35Cl2N5O3S. The maximum absolute atomic E-state index is 13.0. The molecule has 0 aromatic heterocycles. The Balaban J connectivity index is 0.00000253. The molecule has 1 saturated heterocycles. The molecule has 0 aliphatic carbocycles. The molecule has 38 heavy (non-hydrogen) atoms. The minimum atomic E-state index is -3.53. The summed E-state index contributed by atoms with van der Waals surface area (Å²) in [5, 5.41) is 17.4. The molecule has 0 radical (unpaired) electrons. The first-order valence-corrected chi connectivity index (χ1v) is 13.7. The van der Waals surface area contributed by atoms with E-state index in [4.69, 9.17) is 21.3 Å². The second kappa shape index (κ2) is 13.2. The van der Waals surface area contributed by atoms with E-state index in [1.165, 1.54) is 4.31 Å². The average Bonchev–Trinajstić information content (AvgIpc) is 2.87. The van der Waals surface area contributed by atoms with E-state index in [1.54, 1.807) is 32.0 Å². The highest BCUT2D eigenvalue weighted by atomic mass is 35.5. The monoisotopic (exact) mass is 579 g/mol. The third-order valence-electron chi connectivity index (χ3n) is 6.59. The Labute approximate surface area is 237 Å². The van der Waals surface area contributed by atoms with Crippen molar-refractivity contribution in [1.82, 2.24) is 4.90 Å². The maximum Gasteiger partial charge on any atom is 0.235 e. The fraction of sp³-hybridized carbons (Fsp3) is 0.333. The van der Waals surface area contributed by atoms with Gasteiger partial charge in [0.15, 0.2) is 0 Å². The number of anilines is 1. The van der Waals surface area contributed by atoms with E-state index in [0.717, 1.165) is 42.3 Å². The highest BCUT2D eigenvalue weighted by molar-refractivity contribution is 7.92. The van der Waals surface area contributed by atoms with Crippen LogP contribution in [0.5, 0.6) is 5.75 Å². The van der Waals surface area contributed by atoms with Crippen LogP contribution in [0.3, 0.4) is 0 Å². The highest BCUT2D eigenvalue weighted by Gasteiger charge is 2.23. The van der Waals surface area contributed by atoms with Crippen LogP contribution >= 0.6 is 24.8 Å². The third kappa shape index (κ3) is 7.30. The van der Waals surface area contributed by atoms with Gasteiger partial charge in [-0.15, -0.1) is 24.8 Å². The average molecular weight is 581 g/mol. The first kappa shape index (κ1) is 31.2. The summed E-state index contributed by atoms with van der Waals surface area (Å²) in [6.45, 7) is 5.25. The summed E-state index contributed by atoms with van der Waals surface area (Å²) in [6, 6.07) is 18.6. The van der Waals surface area contributed by atoms with Crippen molar-refractivity contribution in [3.63, 3.8) is 0 Å². The van der Waals surface area contributed by atoms with Crippen LogP contribution in [-0.4, -0.2) is 49.9 Å². The number of halogens is 2. The number of hydrogen-bond acceptors (Lipinski definition) is 5. The Morgan fingerprint density at radius 2 is 1.63 bits per heavy atom. The molecule has 4 N–H and O–H groups in total. The molecule has 4 rings (SSSR count). The fourth-order valence-corrected chi connectivity index (χ4v) is 5.53. The first-order chi connectivity index (χ1) is 17.2. The van der Waals surface area contributed by atoms with Gasteiger partial charge in [0, 0.05) is 31.5 Å². The van der Waals surface area contributed by atoms with Crippen molar-refractivity contribution in [2.75, 3.05) is 23.1 Å². The van der Waals surface area contributed by atoms with Gasteiger partial charge in [0.2, 0.25) is 10.0 Å². The molecular weight excluding hydrogens is 545 g/mol. The minimum absolute atomic E-state index is 0. The van der Waals surface area contributed by atoms with Crippen LogP contribution < -0.4 is 14.8 Å². The standard InChI is InChI=1S/C27H33N5O3S.2ClH/c1-3-36(33,34)32(18-20-4-5-21-6-7-22(27(29)30)17-23(21)16-20)24-8-10-25(11-9-24)35-26-12-14-31(15-13-26)19(2)28;;/h4-11,16-17,26,28H,3,12-15,18H2,1-2H3,(H3,29,30);2*1H. The van der Waals surface area contributed by atoms with Crippen LogP contribution in [0.1, 0.15) is 37.8 Å². The van der Waals surface area contributed by atoms with E-state index < -0.39 is 10.0 Å². The summed E-state index contributed by atoms with van der Waals surface area (Å²) in [6.07, 6.45) is 1.78. The molecule has 3 aromatic carbocycles. The topological polar surface area (TPSA) is 124 Å². The van der Waals surface area contributed by atoms with Gasteiger partial charge in [-0.3, -0.25) is 15.1 Å². The van der Waals surface area contributed by atoms with Gasteiger partial charge < -0.3 is 15.4 Å². The van der Waals surface area contributed by atoms with Crippen molar-refractivity contribution in [1.29, 1.82) is 10.8 Å². The zero-order valence-corrected chi connectivity index (χ0v) is 24.0. The fourth-order valence-electron chi connectivity index (χ4n) is 4.43. The lowest BCUT2D eigenvalue weighted by Gasteiger charge is -2.33. The van der Waals surface area contributed by atoms with E-state index in [2.05, 4.69) is 0 Å². The Bertz CT molecular complexity index is 1380. The van der Waals surface area contributed by atoms with E-state index in [0.29, 0.717) is 22.8 Å². The maximum atomic E-state index is 13.0. The van der Waals surface area contributed by atoms with E-state index in [1.807, 2.05) is 47.4 Å². The highest BCUT2D eigenvalue weighted by Crippen LogP contribution is 2.27. The van der Waals surface area contributed by atoms with Crippen molar-refractivity contribution >= 4 is 63.0 Å². The number of hydrogen-bond donors (Lipinski definition) is 3. The smallest absolute Gasteiger partial charge is 0.235 e. The first-order valence-electron chi connectivity index (χ1n) is 12.1. The number of nitrogens with zero attached hydrogens (tertiary/aromatic N) is 2. The van der Waals surface area contributed by atoms with Gasteiger partial charge in [0.05, 0.1) is 23.8 Å². The molecule has 1 fully saturated rings. The number of ether oxygens (including phenoxy) is 1. The number of rotatable bonds is 8. The van der Waals surface area contributed by atoms with Crippen LogP contribution in [0.15, 0.2) is 60.7 Å². The molecule has 0 atom stereocenters. The van der Waals surface area contributed by atoms with Crippen LogP contribution in [-0.2, 0) is 16.6 Å². The Kier molecular flexibility index (Phi) is 10.8. The van der Waals surface area contributed by atoms with Crippen molar-refractivity contribution in [3.05, 3.63) is 71.8 Å². The second-order valence-corrected chi connectivity index (χ2v) is 11.3. The second-order valence-electron chi connectivity index (χ2n) is 9.10. The number of nitrogens with one attached hydrogen (secondary N) is 2. The predicted octanol–water partition coefficient (Wildman–Crippen LogP) is 5.16. The van der Waals surface area contributed by atoms with Crippen LogP contribution in [0.25, 0.3) is 10.8 Å². The van der Waals surface area contributed by atoms with E-state index in [-0.39, 0.29) is 49.1 Å². The zero-order valence-electron chi connectivity index (χ0n) is 21.5. The van der Waals surface area contributed by atoms with Crippen LogP contribution in [0.2, 0.25) is 0 Å². The largest absolute Gasteiger partial charge is 0.490 e. The van der Waals surface area contributed by atoms with Gasteiger partial charge in [0.1, 0.15) is 17.7 Å². The summed E-state index contributed by atoms with van der Waals surface area (Å²) in [4.78, 5) is 2.05. The van der Waals surface area contributed by atoms with E-state index >= 15 is 0 Å². The molecule has 1 aliphatic rings. The number of likely N-dealkylation sites (tertiary alicyclic amines) is 1. The number of amidine groups is 2. The van der Waals surface area contributed by atoms with Gasteiger partial charge in [-0.1, -0.05) is 24.3 Å². The molecule has 0 amide bonds. The summed E-state index contributed by atoms with van der Waals surface area (Å²) in [7, 11) is -3.53.